The minimum atomic E-state index is -1.72. The number of hydrogen-bond donors (Lipinski definition) is 0. The van der Waals surface area contributed by atoms with Crippen LogP contribution < -0.4 is 4.40 Å². The Morgan fingerprint density at radius 1 is 0.784 bits per heavy atom. The van der Waals surface area contributed by atoms with Crippen molar-refractivity contribution in [3.8, 4) is 33.6 Å². The Morgan fingerprint density at radius 2 is 1.63 bits per heavy atom. The van der Waals surface area contributed by atoms with E-state index in [2.05, 4.69) is 64.7 Å². The molecule has 1 radical (unpaired) electrons. The van der Waals surface area contributed by atoms with Crippen LogP contribution in [0.5, 0.6) is 0 Å². The predicted molar refractivity (Wildman–Crippen MR) is 209 cm³/mol. The number of rotatable bonds is 6. The summed E-state index contributed by atoms with van der Waals surface area (Å²) in [5, 5.41) is 2.24. The van der Waals surface area contributed by atoms with Gasteiger partial charge in [-0.25, -0.2) is 8.78 Å². The molecule has 3 aromatic heterocycles. The van der Waals surface area contributed by atoms with E-state index >= 15 is 0 Å². The van der Waals surface area contributed by atoms with Crippen molar-refractivity contribution in [3.05, 3.63) is 139 Å². The van der Waals surface area contributed by atoms with Crippen LogP contribution in [-0.2, 0) is 26.5 Å². The Hall–Kier alpha value is -3.55. The van der Waals surface area contributed by atoms with Crippen LogP contribution in [0.3, 0.4) is 0 Å². The average molecular weight is 932 g/mol. The molecule has 261 valence electrons. The first kappa shape index (κ1) is 37.2. The van der Waals surface area contributed by atoms with E-state index in [4.69, 9.17) is 4.98 Å². The van der Waals surface area contributed by atoms with Crippen LogP contribution in [0.15, 0.2) is 109 Å². The summed E-state index contributed by atoms with van der Waals surface area (Å²) >= 11 is -0.0598. The summed E-state index contributed by atoms with van der Waals surface area (Å²) in [5.74, 6) is 7.05. The number of thiophene rings is 1. The fourth-order valence-corrected chi connectivity index (χ4v) is 10.2. The molecule has 0 saturated heterocycles. The molecule has 0 amide bonds. The SMILES string of the molecule is Fc1ccc(F)c(-c2ccc3c(c2)sc2c(-c4cc(CC5CCCCC5)ccn4)[c-]ccc23)c1.[CH3][Ge]([CH3])([CH3])[c]1ccc(-c2[c-]cccc2)nc1.[Ir]. The number of pyridine rings is 2. The molecule has 4 aromatic carbocycles. The number of fused-ring (bicyclic) bond motifs is 3. The standard InChI is InChI=1S/C30H24F2NS.C14H16GeN.Ir/c31-22-10-12-27(32)26(18-22)21-9-11-23-24-7-4-8-25(30(24)34-29(23)17-21)28-16-20(13-14-33-28)15-19-5-2-1-3-6-19;1-15(2,3)13-9-10-14(16-11-13)12-7-5-4-6-8-12;/h4,7,9-14,16-19H,1-3,5-6,15H2;4-7,9-11H,1-3H3;/q2*-1;. The molecule has 51 heavy (non-hydrogen) atoms. The van der Waals surface area contributed by atoms with Crippen LogP contribution in [0.4, 0.5) is 8.78 Å². The molecular weight excluding hydrogens is 891 g/mol. The van der Waals surface area contributed by atoms with E-state index < -0.39 is 24.9 Å². The maximum absolute atomic E-state index is 14.4. The second-order valence-electron chi connectivity index (χ2n) is 14.2. The van der Waals surface area contributed by atoms with Gasteiger partial charge in [-0.15, -0.1) is 23.8 Å². The molecule has 1 saturated carbocycles. The van der Waals surface area contributed by atoms with Gasteiger partial charge in [-0.05, 0) is 64.0 Å². The third-order valence-corrected chi connectivity index (χ3v) is 15.1. The van der Waals surface area contributed by atoms with E-state index in [1.165, 1.54) is 54.2 Å². The Balaban J connectivity index is 0.000000222. The topological polar surface area (TPSA) is 25.8 Å². The first-order valence-electron chi connectivity index (χ1n) is 17.4. The molecular formula is C44H40F2GeIrN2S-2. The van der Waals surface area contributed by atoms with Gasteiger partial charge in [0.05, 0.1) is 0 Å². The largest absolute Gasteiger partial charge is 0 e. The van der Waals surface area contributed by atoms with Crippen LogP contribution in [0.1, 0.15) is 37.7 Å². The van der Waals surface area contributed by atoms with Crippen LogP contribution in [-0.4, -0.2) is 23.2 Å². The molecule has 2 nitrogen and oxygen atoms in total. The second kappa shape index (κ2) is 16.4. The molecule has 1 fully saturated rings. The minimum Gasteiger partial charge on any atom is 0 e. The van der Waals surface area contributed by atoms with Crippen molar-refractivity contribution in [2.45, 2.75) is 55.8 Å². The van der Waals surface area contributed by atoms with Crippen molar-refractivity contribution in [2.75, 3.05) is 0 Å². The third-order valence-electron chi connectivity index (χ3n) is 9.62. The zero-order valence-corrected chi connectivity index (χ0v) is 34.4. The van der Waals surface area contributed by atoms with E-state index in [9.17, 15) is 8.78 Å². The van der Waals surface area contributed by atoms with Crippen molar-refractivity contribution in [1.82, 2.24) is 9.97 Å². The first-order chi connectivity index (χ1) is 24.2. The molecule has 3 heterocycles. The van der Waals surface area contributed by atoms with Gasteiger partial charge >= 0.3 is 99.8 Å². The van der Waals surface area contributed by atoms with Gasteiger partial charge in [-0.3, -0.25) is 0 Å². The van der Waals surface area contributed by atoms with Gasteiger partial charge in [0.25, 0.3) is 0 Å². The normalized spacial score (nSPS) is 13.4. The smallest absolute Gasteiger partial charge is 0 e. The molecule has 8 rings (SSSR count). The minimum absolute atomic E-state index is 0. The molecule has 0 atom stereocenters. The third kappa shape index (κ3) is 8.74. The number of hydrogen-bond acceptors (Lipinski definition) is 3. The molecule has 1 aliphatic rings. The van der Waals surface area contributed by atoms with Crippen molar-refractivity contribution < 1.29 is 28.9 Å². The molecule has 0 N–H and O–H groups in total. The Bertz CT molecular complexity index is 2240. The van der Waals surface area contributed by atoms with Crippen molar-refractivity contribution in [2.24, 2.45) is 5.92 Å². The monoisotopic (exact) mass is 933 g/mol. The Kier molecular flexibility index (Phi) is 12.0. The molecule has 1 aliphatic carbocycles. The van der Waals surface area contributed by atoms with Gasteiger partial charge in [0.15, 0.2) is 0 Å². The van der Waals surface area contributed by atoms with Crippen LogP contribution in [0.25, 0.3) is 53.8 Å². The van der Waals surface area contributed by atoms with Gasteiger partial charge < -0.3 is 4.98 Å². The van der Waals surface area contributed by atoms with Gasteiger partial charge in [-0.2, -0.15) is 11.3 Å². The summed E-state index contributed by atoms with van der Waals surface area (Å²) in [6.07, 6.45) is 11.8. The molecule has 0 unspecified atom stereocenters. The van der Waals surface area contributed by atoms with Crippen LogP contribution in [0.2, 0.25) is 17.3 Å². The average Bonchev–Trinajstić information content (AvgIpc) is 3.52. The van der Waals surface area contributed by atoms with E-state index in [-0.39, 0.29) is 25.7 Å². The van der Waals surface area contributed by atoms with Gasteiger partial charge in [0.2, 0.25) is 0 Å². The Labute approximate surface area is 320 Å². The predicted octanol–water partition coefficient (Wildman–Crippen LogP) is 12.1. The van der Waals surface area contributed by atoms with E-state index in [0.29, 0.717) is 5.56 Å². The summed E-state index contributed by atoms with van der Waals surface area (Å²) in [7, 11) is 0. The zero-order chi connectivity index (χ0) is 34.7. The molecule has 0 aliphatic heterocycles. The van der Waals surface area contributed by atoms with Gasteiger partial charge in [0, 0.05) is 36.6 Å². The summed E-state index contributed by atoms with van der Waals surface area (Å²) in [6.45, 7) is 0. The number of aromatic nitrogens is 2. The Morgan fingerprint density at radius 3 is 2.37 bits per heavy atom. The maximum Gasteiger partial charge on any atom is 0 e. The summed E-state index contributed by atoms with van der Waals surface area (Å²) < 4.78 is 31.7. The number of benzene rings is 4. The van der Waals surface area contributed by atoms with Crippen molar-refractivity contribution in [1.29, 1.82) is 0 Å². The molecule has 0 bridgehead atoms. The van der Waals surface area contributed by atoms with Crippen molar-refractivity contribution in [3.63, 3.8) is 0 Å². The molecule has 7 aromatic rings. The maximum atomic E-state index is 14.4. The van der Waals surface area contributed by atoms with Crippen LogP contribution >= 0.6 is 11.3 Å². The molecule has 0 spiro atoms. The van der Waals surface area contributed by atoms with E-state index in [0.717, 1.165) is 61.1 Å². The van der Waals surface area contributed by atoms with Crippen molar-refractivity contribution >= 4 is 49.2 Å². The quantitative estimate of drug-likeness (QED) is 0.123. The van der Waals surface area contributed by atoms with Gasteiger partial charge in [0.1, 0.15) is 11.6 Å². The van der Waals surface area contributed by atoms with Gasteiger partial charge in [-0.1, -0.05) is 61.3 Å². The summed E-state index contributed by atoms with van der Waals surface area (Å²) in [4.78, 5) is 9.22. The summed E-state index contributed by atoms with van der Waals surface area (Å²) in [6, 6.07) is 36.7. The fourth-order valence-electron chi connectivity index (χ4n) is 6.83. The zero-order valence-electron chi connectivity index (χ0n) is 29.1. The van der Waals surface area contributed by atoms with E-state index in [1.807, 2.05) is 60.9 Å². The fraction of sp³-hybridized carbons (Fsp3) is 0.227. The number of nitrogens with zero attached hydrogens (tertiary/aromatic N) is 2. The first-order valence-corrected chi connectivity index (χ1v) is 25.6. The molecule has 7 heteroatoms. The second-order valence-corrected chi connectivity index (χ2v) is 26.0. The van der Waals surface area contributed by atoms with Crippen LogP contribution in [0, 0.1) is 29.7 Å². The summed E-state index contributed by atoms with van der Waals surface area (Å²) in [5.41, 5.74) is 6.32. The van der Waals surface area contributed by atoms with E-state index in [1.54, 1.807) is 11.3 Å². The number of halogens is 2.